The van der Waals surface area contributed by atoms with Gasteiger partial charge in [-0.15, -0.1) is 0 Å². The first-order valence-corrected chi connectivity index (χ1v) is 13.6. The van der Waals surface area contributed by atoms with Crippen LogP contribution < -0.4 is 5.46 Å². The van der Waals surface area contributed by atoms with E-state index in [1.54, 1.807) is 0 Å². The Hall–Kier alpha value is -2.56. The molecule has 1 aliphatic rings. The minimum atomic E-state index is -0.348. The Morgan fingerprint density at radius 2 is 1.19 bits per heavy atom. The number of benzene rings is 3. The normalized spacial score (nSPS) is 18.1. The lowest BCUT2D eigenvalue weighted by molar-refractivity contribution is -0.0937. The molecule has 4 aromatic rings. The van der Waals surface area contributed by atoms with Gasteiger partial charge in [-0.05, 0) is 77.7 Å². The highest BCUT2D eigenvalue weighted by molar-refractivity contribution is 6.61. The topological polar surface area (TPSA) is 23.4 Å². The van der Waals surface area contributed by atoms with E-state index in [0.29, 0.717) is 6.61 Å². The molecule has 0 saturated carbocycles. The van der Waals surface area contributed by atoms with Gasteiger partial charge in [0.05, 0.1) is 16.6 Å². The summed E-state index contributed by atoms with van der Waals surface area (Å²) in [5.74, 6) is 0. The third kappa shape index (κ3) is 4.53. The second-order valence-corrected chi connectivity index (χ2v) is 14.0. The van der Waals surface area contributed by atoms with E-state index in [0.717, 1.165) is 11.2 Å². The van der Waals surface area contributed by atoms with E-state index in [-0.39, 0.29) is 29.0 Å². The summed E-state index contributed by atoms with van der Waals surface area (Å²) in [6.07, 6.45) is 0. The predicted octanol–water partition coefficient (Wildman–Crippen LogP) is 7.93. The monoisotopic (exact) mass is 495 g/mol. The largest absolute Gasteiger partial charge is 0.494 e. The zero-order valence-corrected chi connectivity index (χ0v) is 24.3. The van der Waals surface area contributed by atoms with Crippen LogP contribution in [0.1, 0.15) is 80.4 Å². The zero-order valence-electron chi connectivity index (χ0n) is 24.3. The second kappa shape index (κ2) is 8.48. The van der Waals surface area contributed by atoms with Crippen LogP contribution in [-0.2, 0) is 20.1 Å². The Balaban J connectivity index is 1.63. The lowest BCUT2D eigenvalue weighted by Crippen LogP contribution is -2.58. The molecule has 1 aliphatic heterocycles. The molecule has 194 valence electrons. The zero-order chi connectivity index (χ0) is 27.0. The van der Waals surface area contributed by atoms with E-state index >= 15 is 0 Å². The van der Waals surface area contributed by atoms with Crippen molar-refractivity contribution in [1.82, 2.24) is 4.57 Å². The predicted molar refractivity (Wildman–Crippen MR) is 158 cm³/mol. The average Bonchev–Trinajstić information content (AvgIpc) is 3.13. The van der Waals surface area contributed by atoms with Gasteiger partial charge in [0, 0.05) is 28.5 Å². The summed E-state index contributed by atoms with van der Waals surface area (Å²) >= 11 is 0. The molecule has 0 aliphatic carbocycles. The van der Waals surface area contributed by atoms with Crippen LogP contribution in [0.25, 0.3) is 27.5 Å². The first-order valence-electron chi connectivity index (χ1n) is 13.6. The number of hydrogen-bond donors (Lipinski definition) is 0. The molecule has 0 spiro atoms. The molecule has 4 heteroatoms. The van der Waals surface area contributed by atoms with Gasteiger partial charge in [0.15, 0.2) is 0 Å². The summed E-state index contributed by atoms with van der Waals surface area (Å²) in [4.78, 5) is 0. The molecular formula is C33H42BNO2. The quantitative estimate of drug-likeness (QED) is 0.264. The van der Waals surface area contributed by atoms with Gasteiger partial charge in [-0.1, -0.05) is 79.7 Å². The van der Waals surface area contributed by atoms with Crippen LogP contribution in [0.5, 0.6) is 0 Å². The molecule has 1 saturated heterocycles. The molecule has 3 nitrogen and oxygen atoms in total. The Bertz CT molecular complexity index is 1390. The van der Waals surface area contributed by atoms with Gasteiger partial charge in [0.1, 0.15) is 0 Å². The van der Waals surface area contributed by atoms with Crippen LogP contribution in [0.15, 0.2) is 60.7 Å². The Morgan fingerprint density at radius 3 is 1.62 bits per heavy atom. The van der Waals surface area contributed by atoms with E-state index in [1.165, 1.54) is 32.9 Å². The van der Waals surface area contributed by atoms with Gasteiger partial charge in [0.2, 0.25) is 0 Å². The summed E-state index contributed by atoms with van der Waals surface area (Å²) in [6.45, 7) is 23.1. The maximum absolute atomic E-state index is 6.41. The van der Waals surface area contributed by atoms with Crippen molar-refractivity contribution in [3.05, 3.63) is 71.8 Å². The van der Waals surface area contributed by atoms with Crippen LogP contribution in [-0.4, -0.2) is 23.9 Å². The molecule has 37 heavy (non-hydrogen) atoms. The molecule has 3 aromatic carbocycles. The highest BCUT2D eigenvalue weighted by Gasteiger charge is 2.46. The molecule has 2 heterocycles. The first kappa shape index (κ1) is 26.1. The van der Waals surface area contributed by atoms with Gasteiger partial charge >= 0.3 is 7.12 Å². The number of aromatic nitrogens is 1. The molecule has 1 aromatic heterocycles. The Morgan fingerprint density at radius 1 is 0.703 bits per heavy atom. The van der Waals surface area contributed by atoms with Gasteiger partial charge in [-0.2, -0.15) is 0 Å². The molecule has 0 bridgehead atoms. The molecule has 0 N–H and O–H groups in total. The van der Waals surface area contributed by atoms with Gasteiger partial charge in [-0.25, -0.2) is 0 Å². The first-order chi connectivity index (χ1) is 17.1. The lowest BCUT2D eigenvalue weighted by Gasteiger charge is -2.47. The minimum absolute atomic E-state index is 0.0375. The van der Waals surface area contributed by atoms with Crippen LogP contribution >= 0.6 is 0 Å². The van der Waals surface area contributed by atoms with Gasteiger partial charge in [-0.3, -0.25) is 0 Å². The molecule has 0 radical (unpaired) electrons. The van der Waals surface area contributed by atoms with Crippen molar-refractivity contribution in [2.45, 2.75) is 85.7 Å². The fraction of sp³-hybridized carbons (Fsp3) is 0.455. The van der Waals surface area contributed by atoms with Crippen LogP contribution in [0, 0.1) is 5.41 Å². The van der Waals surface area contributed by atoms with E-state index in [9.17, 15) is 0 Å². The van der Waals surface area contributed by atoms with E-state index in [4.69, 9.17) is 9.31 Å². The molecule has 0 amide bonds. The van der Waals surface area contributed by atoms with Crippen molar-refractivity contribution >= 4 is 34.4 Å². The lowest BCUT2D eigenvalue weighted by atomic mass is 9.69. The standard InChI is InChI=1S/C33H42BNO2/c1-30(2,3)22-11-17-28-26(19-22)27-20-23(31(4,5)6)12-18-29(27)35(28)25-15-13-24(14-16-25)34-36-21-32(7,8)33(9,10)37-34/h11-20H,21H2,1-10H3. The molecule has 5 rings (SSSR count). The third-order valence-electron chi connectivity index (χ3n) is 8.55. The van der Waals surface area contributed by atoms with Gasteiger partial charge in [0.25, 0.3) is 0 Å². The van der Waals surface area contributed by atoms with E-state index in [2.05, 4.69) is 134 Å². The number of nitrogens with zero attached hydrogens (tertiary/aromatic N) is 1. The minimum Gasteiger partial charge on any atom is -0.407 e. The van der Waals surface area contributed by atoms with E-state index in [1.807, 2.05) is 0 Å². The summed E-state index contributed by atoms with van der Waals surface area (Å²) in [5.41, 5.74) is 7.25. The Labute approximate surface area is 223 Å². The smallest absolute Gasteiger partial charge is 0.407 e. The summed E-state index contributed by atoms with van der Waals surface area (Å²) < 4.78 is 14.9. The highest BCUT2D eigenvalue weighted by Crippen LogP contribution is 2.39. The fourth-order valence-corrected chi connectivity index (χ4v) is 5.10. The SMILES string of the molecule is CC(C)(C)c1ccc2c(c1)c1cc(C(C)(C)C)ccc1n2-c1ccc(B2OCC(C)(C)C(C)(C)O2)cc1. The molecule has 0 unspecified atom stereocenters. The van der Waals surface area contributed by atoms with Crippen molar-refractivity contribution in [3.63, 3.8) is 0 Å². The molecule has 1 fully saturated rings. The van der Waals surface area contributed by atoms with Crippen molar-refractivity contribution in [1.29, 1.82) is 0 Å². The summed E-state index contributed by atoms with van der Waals surface area (Å²) in [7, 11) is -0.348. The molecule has 0 atom stereocenters. The highest BCUT2D eigenvalue weighted by atomic mass is 16.6. The maximum Gasteiger partial charge on any atom is 0.494 e. The Kier molecular flexibility index (Phi) is 5.97. The van der Waals surface area contributed by atoms with Crippen molar-refractivity contribution in [2.75, 3.05) is 6.61 Å². The fourth-order valence-electron chi connectivity index (χ4n) is 5.10. The van der Waals surface area contributed by atoms with Crippen LogP contribution in [0.4, 0.5) is 0 Å². The molecular weight excluding hydrogens is 453 g/mol. The van der Waals surface area contributed by atoms with Crippen molar-refractivity contribution in [3.8, 4) is 5.69 Å². The number of rotatable bonds is 2. The van der Waals surface area contributed by atoms with Crippen molar-refractivity contribution < 1.29 is 9.31 Å². The maximum atomic E-state index is 6.41. The van der Waals surface area contributed by atoms with Crippen LogP contribution in [0.3, 0.4) is 0 Å². The summed E-state index contributed by atoms with van der Waals surface area (Å²) in [6, 6.07) is 22.6. The third-order valence-corrected chi connectivity index (χ3v) is 8.55. The number of fused-ring (bicyclic) bond motifs is 3. The number of hydrogen-bond acceptors (Lipinski definition) is 2. The van der Waals surface area contributed by atoms with Gasteiger partial charge < -0.3 is 13.9 Å². The van der Waals surface area contributed by atoms with E-state index < -0.39 is 0 Å². The summed E-state index contributed by atoms with van der Waals surface area (Å²) in [5, 5.41) is 2.61. The average molecular weight is 496 g/mol. The second-order valence-electron chi connectivity index (χ2n) is 14.0. The van der Waals surface area contributed by atoms with Crippen molar-refractivity contribution in [2.24, 2.45) is 5.41 Å². The van der Waals surface area contributed by atoms with Crippen LogP contribution in [0.2, 0.25) is 0 Å².